The van der Waals surface area contributed by atoms with Gasteiger partial charge in [0.25, 0.3) is 5.91 Å². The standard InChI is InChI=1S/C24H31N3O3/c28-22(26-10-1-2-11-26)15-18-6-14-30-24(17-18)7-12-27(13-8-24)23(29)20-3-4-21-19(16-20)5-9-25-21/h3-5,9,16,18,25H,1-2,6-8,10-15,17H2. The van der Waals surface area contributed by atoms with E-state index in [1.807, 2.05) is 40.3 Å². The summed E-state index contributed by atoms with van der Waals surface area (Å²) >= 11 is 0. The van der Waals surface area contributed by atoms with Crippen LogP contribution in [0.3, 0.4) is 0 Å². The zero-order valence-corrected chi connectivity index (χ0v) is 17.6. The normalized spacial score (nSPS) is 23.9. The van der Waals surface area contributed by atoms with E-state index in [9.17, 15) is 9.59 Å². The lowest BCUT2D eigenvalue weighted by Crippen LogP contribution is -2.51. The van der Waals surface area contributed by atoms with Crippen molar-refractivity contribution in [3.63, 3.8) is 0 Å². The van der Waals surface area contributed by atoms with Gasteiger partial charge in [-0.2, -0.15) is 0 Å². The number of rotatable bonds is 3. The highest BCUT2D eigenvalue weighted by Crippen LogP contribution is 2.39. The van der Waals surface area contributed by atoms with Crippen molar-refractivity contribution in [3.8, 4) is 0 Å². The van der Waals surface area contributed by atoms with Crippen LogP contribution in [0.2, 0.25) is 0 Å². The minimum atomic E-state index is -0.157. The summed E-state index contributed by atoms with van der Waals surface area (Å²) in [6.45, 7) is 4.03. The van der Waals surface area contributed by atoms with Crippen LogP contribution in [0.25, 0.3) is 10.9 Å². The van der Waals surface area contributed by atoms with Gasteiger partial charge in [-0.15, -0.1) is 0 Å². The van der Waals surface area contributed by atoms with E-state index >= 15 is 0 Å². The molecule has 2 amide bonds. The third-order valence-corrected chi connectivity index (χ3v) is 7.28. The SMILES string of the molecule is O=C(CC1CCOC2(CCN(C(=O)c3ccc4[nH]ccc4c3)CC2)C1)N1CCCC1. The number of hydrogen-bond acceptors (Lipinski definition) is 3. The van der Waals surface area contributed by atoms with Crippen LogP contribution in [0.15, 0.2) is 30.5 Å². The number of aromatic amines is 1. The maximum Gasteiger partial charge on any atom is 0.253 e. The second kappa shape index (κ2) is 8.06. The highest BCUT2D eigenvalue weighted by molar-refractivity contribution is 5.98. The summed E-state index contributed by atoms with van der Waals surface area (Å²) in [6.07, 6.45) is 8.48. The summed E-state index contributed by atoms with van der Waals surface area (Å²) in [6, 6.07) is 7.84. The number of hydrogen-bond donors (Lipinski definition) is 1. The minimum absolute atomic E-state index is 0.101. The van der Waals surface area contributed by atoms with Gasteiger partial charge in [-0.3, -0.25) is 9.59 Å². The molecule has 0 aliphatic carbocycles. The van der Waals surface area contributed by atoms with Gasteiger partial charge in [0.2, 0.25) is 5.91 Å². The monoisotopic (exact) mass is 409 g/mol. The van der Waals surface area contributed by atoms with E-state index in [4.69, 9.17) is 4.74 Å². The Labute approximate surface area is 177 Å². The fraction of sp³-hybridized carbons (Fsp3) is 0.583. The number of carbonyl (C=O) groups is 2. The Morgan fingerprint density at radius 1 is 1.07 bits per heavy atom. The Kier molecular flexibility index (Phi) is 5.27. The Morgan fingerprint density at radius 2 is 1.87 bits per heavy atom. The quantitative estimate of drug-likeness (QED) is 0.843. The fourth-order valence-electron chi connectivity index (χ4n) is 5.48. The van der Waals surface area contributed by atoms with Gasteiger partial charge < -0.3 is 19.5 Å². The molecule has 0 saturated carbocycles. The van der Waals surface area contributed by atoms with E-state index in [0.29, 0.717) is 18.2 Å². The lowest BCUT2D eigenvalue weighted by molar-refractivity contribution is -0.140. The van der Waals surface area contributed by atoms with Crippen molar-refractivity contribution in [2.45, 2.75) is 50.5 Å². The minimum Gasteiger partial charge on any atom is -0.375 e. The van der Waals surface area contributed by atoms with Gasteiger partial charge in [-0.05, 0) is 68.7 Å². The molecule has 1 aromatic heterocycles. The number of carbonyl (C=O) groups excluding carboxylic acids is 2. The van der Waals surface area contributed by atoms with Crippen LogP contribution in [-0.2, 0) is 9.53 Å². The Hall–Kier alpha value is -2.34. The van der Waals surface area contributed by atoms with E-state index < -0.39 is 0 Å². The number of likely N-dealkylation sites (tertiary alicyclic amines) is 2. The summed E-state index contributed by atoms with van der Waals surface area (Å²) in [7, 11) is 0. The molecule has 2 aromatic rings. The third-order valence-electron chi connectivity index (χ3n) is 7.28. The van der Waals surface area contributed by atoms with Crippen molar-refractivity contribution in [3.05, 3.63) is 36.0 Å². The van der Waals surface area contributed by atoms with Crippen LogP contribution in [0, 0.1) is 5.92 Å². The average molecular weight is 410 g/mol. The second-order valence-electron chi connectivity index (χ2n) is 9.25. The van der Waals surface area contributed by atoms with Gasteiger partial charge in [-0.1, -0.05) is 0 Å². The summed E-state index contributed by atoms with van der Waals surface area (Å²) in [5.41, 5.74) is 1.64. The number of ether oxygens (including phenoxy) is 1. The molecule has 30 heavy (non-hydrogen) atoms. The van der Waals surface area contributed by atoms with Gasteiger partial charge >= 0.3 is 0 Å². The maximum atomic E-state index is 13.0. The highest BCUT2D eigenvalue weighted by atomic mass is 16.5. The molecule has 3 fully saturated rings. The lowest BCUT2D eigenvalue weighted by Gasteiger charge is -2.46. The topological polar surface area (TPSA) is 65.6 Å². The van der Waals surface area contributed by atoms with E-state index in [1.165, 1.54) is 0 Å². The number of benzene rings is 1. The van der Waals surface area contributed by atoms with E-state index in [1.54, 1.807) is 0 Å². The molecule has 4 heterocycles. The molecule has 0 bridgehead atoms. The van der Waals surface area contributed by atoms with Crippen LogP contribution < -0.4 is 0 Å². The lowest BCUT2D eigenvalue weighted by atomic mass is 9.78. The molecule has 3 saturated heterocycles. The molecule has 1 atom stereocenters. The maximum absolute atomic E-state index is 13.0. The molecule has 1 N–H and O–H groups in total. The molecular weight excluding hydrogens is 378 g/mol. The molecule has 6 heteroatoms. The van der Waals surface area contributed by atoms with Crippen LogP contribution in [-0.4, -0.2) is 65.0 Å². The molecule has 160 valence electrons. The van der Waals surface area contributed by atoms with Crippen molar-refractivity contribution >= 4 is 22.7 Å². The zero-order valence-electron chi connectivity index (χ0n) is 17.6. The first-order valence-corrected chi connectivity index (χ1v) is 11.4. The fourth-order valence-corrected chi connectivity index (χ4v) is 5.48. The number of amides is 2. The number of H-pyrrole nitrogens is 1. The number of piperidine rings is 1. The summed E-state index contributed by atoms with van der Waals surface area (Å²) in [4.78, 5) is 32.8. The molecule has 5 rings (SSSR count). The molecule has 6 nitrogen and oxygen atoms in total. The molecular formula is C24H31N3O3. The summed E-state index contributed by atoms with van der Waals surface area (Å²) in [5, 5.41) is 1.07. The number of nitrogens with one attached hydrogen (secondary N) is 1. The predicted octanol–water partition coefficient (Wildman–Crippen LogP) is 3.58. The smallest absolute Gasteiger partial charge is 0.253 e. The van der Waals surface area contributed by atoms with Gasteiger partial charge in [-0.25, -0.2) is 0 Å². The van der Waals surface area contributed by atoms with Crippen LogP contribution in [0.4, 0.5) is 0 Å². The number of nitrogens with zero attached hydrogens (tertiary/aromatic N) is 2. The molecule has 0 radical (unpaired) electrons. The first-order chi connectivity index (χ1) is 14.6. The first kappa shape index (κ1) is 19.6. The van der Waals surface area contributed by atoms with E-state index in [-0.39, 0.29) is 11.5 Å². The van der Waals surface area contributed by atoms with Crippen LogP contribution in [0.5, 0.6) is 0 Å². The molecule has 1 spiro atoms. The zero-order chi connectivity index (χ0) is 20.6. The average Bonchev–Trinajstić information content (AvgIpc) is 3.45. The van der Waals surface area contributed by atoms with Gasteiger partial charge in [0.15, 0.2) is 0 Å². The van der Waals surface area contributed by atoms with E-state index in [0.717, 1.165) is 87.8 Å². The molecule has 1 aromatic carbocycles. The second-order valence-corrected chi connectivity index (χ2v) is 9.25. The van der Waals surface area contributed by atoms with Crippen molar-refractivity contribution in [1.29, 1.82) is 0 Å². The predicted molar refractivity (Wildman–Crippen MR) is 115 cm³/mol. The Bertz CT molecular complexity index is 923. The number of aromatic nitrogens is 1. The van der Waals surface area contributed by atoms with Crippen LogP contribution in [0.1, 0.15) is 55.3 Å². The van der Waals surface area contributed by atoms with Crippen molar-refractivity contribution in [2.24, 2.45) is 5.92 Å². The largest absolute Gasteiger partial charge is 0.375 e. The van der Waals surface area contributed by atoms with Crippen molar-refractivity contribution in [2.75, 3.05) is 32.8 Å². The van der Waals surface area contributed by atoms with Crippen molar-refractivity contribution in [1.82, 2.24) is 14.8 Å². The first-order valence-electron chi connectivity index (χ1n) is 11.4. The Morgan fingerprint density at radius 3 is 2.67 bits per heavy atom. The highest BCUT2D eigenvalue weighted by Gasteiger charge is 2.42. The molecule has 3 aliphatic heterocycles. The number of fused-ring (bicyclic) bond motifs is 1. The van der Waals surface area contributed by atoms with Crippen molar-refractivity contribution < 1.29 is 14.3 Å². The van der Waals surface area contributed by atoms with Gasteiger partial charge in [0.05, 0.1) is 5.60 Å². The third kappa shape index (κ3) is 3.85. The Balaban J connectivity index is 1.19. The molecule has 1 unspecified atom stereocenters. The van der Waals surface area contributed by atoms with Gasteiger partial charge in [0.1, 0.15) is 0 Å². The summed E-state index contributed by atoms with van der Waals surface area (Å²) < 4.78 is 6.26. The van der Waals surface area contributed by atoms with Gasteiger partial charge in [0, 0.05) is 61.9 Å². The molecule has 3 aliphatic rings. The van der Waals surface area contributed by atoms with E-state index in [2.05, 4.69) is 4.98 Å². The summed E-state index contributed by atoms with van der Waals surface area (Å²) in [5.74, 6) is 0.830. The van der Waals surface area contributed by atoms with Crippen LogP contribution >= 0.6 is 0 Å².